The summed E-state index contributed by atoms with van der Waals surface area (Å²) < 4.78 is 7.32. The number of rotatable bonds is 3. The van der Waals surface area contributed by atoms with Gasteiger partial charge in [0.05, 0.1) is 25.3 Å². The molecule has 0 unspecified atom stereocenters. The van der Waals surface area contributed by atoms with Crippen LogP contribution in [-0.4, -0.2) is 62.9 Å². The van der Waals surface area contributed by atoms with Crippen LogP contribution in [0.5, 0.6) is 0 Å². The van der Waals surface area contributed by atoms with E-state index in [1.807, 2.05) is 6.07 Å². The molecule has 2 saturated heterocycles. The van der Waals surface area contributed by atoms with E-state index in [9.17, 15) is 0 Å². The summed E-state index contributed by atoms with van der Waals surface area (Å²) in [7, 11) is 0. The fourth-order valence-corrected chi connectivity index (χ4v) is 3.23. The van der Waals surface area contributed by atoms with Crippen LogP contribution in [0.3, 0.4) is 0 Å². The summed E-state index contributed by atoms with van der Waals surface area (Å²) >= 11 is 0. The summed E-state index contributed by atoms with van der Waals surface area (Å²) in [6.45, 7) is 3.79. The van der Waals surface area contributed by atoms with Crippen molar-refractivity contribution in [3.05, 3.63) is 12.4 Å². The number of likely N-dealkylation sites (tertiary alicyclic amines) is 1. The third kappa shape index (κ3) is 2.30. The van der Waals surface area contributed by atoms with Crippen LogP contribution in [-0.2, 0) is 4.74 Å². The first-order chi connectivity index (χ1) is 10.3. The summed E-state index contributed by atoms with van der Waals surface area (Å²) in [5.74, 6) is 1.12. The fraction of sp³-hybridized carbons (Fsp3) is 0.615. The van der Waals surface area contributed by atoms with E-state index in [1.165, 1.54) is 12.8 Å². The van der Waals surface area contributed by atoms with Crippen molar-refractivity contribution >= 4 is 17.4 Å². The molecule has 0 spiro atoms. The molecule has 0 radical (unpaired) electrons. The van der Waals surface area contributed by atoms with Crippen molar-refractivity contribution in [2.75, 3.05) is 37.4 Å². The monoisotopic (exact) mass is 289 g/mol. The standard InChI is InChI=1S/C13H19N7O/c14-13-17-11(5-12-18-15-8-20(12)13)16-9-6-21-7-10(9)19-3-1-2-4-19/h5,8-10,16H,1-4,6-7H2,(H2,14,17)/t9-,10-/m0/s1. The average molecular weight is 289 g/mol. The van der Waals surface area contributed by atoms with Crippen molar-refractivity contribution in [1.82, 2.24) is 24.5 Å². The number of hydrogen-bond donors (Lipinski definition) is 2. The summed E-state index contributed by atoms with van der Waals surface area (Å²) in [5, 5.41) is 11.3. The maximum Gasteiger partial charge on any atom is 0.209 e. The van der Waals surface area contributed by atoms with Gasteiger partial charge in [0.2, 0.25) is 5.95 Å². The van der Waals surface area contributed by atoms with Crippen molar-refractivity contribution in [2.24, 2.45) is 0 Å². The fourth-order valence-electron chi connectivity index (χ4n) is 3.23. The number of nitrogens with zero attached hydrogens (tertiary/aromatic N) is 5. The van der Waals surface area contributed by atoms with Gasteiger partial charge in [0.15, 0.2) is 5.65 Å². The third-order valence-electron chi connectivity index (χ3n) is 4.32. The first-order valence-electron chi connectivity index (χ1n) is 7.36. The number of aromatic nitrogens is 4. The zero-order valence-corrected chi connectivity index (χ0v) is 11.8. The highest BCUT2D eigenvalue weighted by molar-refractivity contribution is 5.54. The molecule has 2 atom stereocenters. The highest BCUT2D eigenvalue weighted by Gasteiger charge is 2.34. The van der Waals surface area contributed by atoms with E-state index in [1.54, 1.807) is 10.7 Å². The lowest BCUT2D eigenvalue weighted by Crippen LogP contribution is -2.45. The van der Waals surface area contributed by atoms with E-state index in [4.69, 9.17) is 10.5 Å². The Morgan fingerprint density at radius 2 is 2.14 bits per heavy atom. The van der Waals surface area contributed by atoms with E-state index in [0.29, 0.717) is 24.2 Å². The van der Waals surface area contributed by atoms with Gasteiger partial charge in [0.1, 0.15) is 12.1 Å². The van der Waals surface area contributed by atoms with Gasteiger partial charge in [-0.1, -0.05) is 0 Å². The van der Waals surface area contributed by atoms with Crippen LogP contribution >= 0.6 is 0 Å². The molecular weight excluding hydrogens is 270 g/mol. The normalized spacial score (nSPS) is 26.7. The molecule has 8 heteroatoms. The Morgan fingerprint density at radius 3 is 3.00 bits per heavy atom. The molecule has 2 aliphatic rings. The molecule has 0 aliphatic carbocycles. The summed E-state index contributed by atoms with van der Waals surface area (Å²) in [5.41, 5.74) is 6.62. The Hall–Kier alpha value is -1.93. The van der Waals surface area contributed by atoms with Gasteiger partial charge in [-0.05, 0) is 25.9 Å². The van der Waals surface area contributed by atoms with Crippen LogP contribution < -0.4 is 11.1 Å². The van der Waals surface area contributed by atoms with Crippen LogP contribution in [0, 0.1) is 0 Å². The molecule has 2 aromatic heterocycles. The number of nitrogens with one attached hydrogen (secondary N) is 1. The quantitative estimate of drug-likeness (QED) is 0.820. The van der Waals surface area contributed by atoms with Crippen molar-refractivity contribution in [2.45, 2.75) is 24.9 Å². The molecule has 2 fully saturated rings. The van der Waals surface area contributed by atoms with Crippen LogP contribution in [0.25, 0.3) is 5.65 Å². The lowest BCUT2D eigenvalue weighted by molar-refractivity contribution is 0.159. The van der Waals surface area contributed by atoms with Crippen LogP contribution in [0.1, 0.15) is 12.8 Å². The molecular formula is C13H19N7O. The largest absolute Gasteiger partial charge is 0.378 e. The van der Waals surface area contributed by atoms with Crippen LogP contribution in [0.4, 0.5) is 11.8 Å². The molecule has 2 aliphatic heterocycles. The van der Waals surface area contributed by atoms with E-state index in [0.717, 1.165) is 25.5 Å². The lowest BCUT2D eigenvalue weighted by Gasteiger charge is -2.28. The molecule has 3 N–H and O–H groups in total. The number of nitrogen functional groups attached to an aromatic ring is 1. The maximum atomic E-state index is 5.92. The number of ether oxygens (including phenoxy) is 1. The first-order valence-corrected chi connectivity index (χ1v) is 7.36. The number of anilines is 2. The maximum absolute atomic E-state index is 5.92. The first kappa shape index (κ1) is 12.8. The van der Waals surface area contributed by atoms with E-state index < -0.39 is 0 Å². The average Bonchev–Trinajstić information content (AvgIpc) is 3.19. The van der Waals surface area contributed by atoms with Crippen LogP contribution in [0.15, 0.2) is 12.4 Å². The topological polar surface area (TPSA) is 93.6 Å². The highest BCUT2D eigenvalue weighted by Crippen LogP contribution is 2.22. The summed E-state index contributed by atoms with van der Waals surface area (Å²) in [4.78, 5) is 6.88. The van der Waals surface area contributed by atoms with Gasteiger partial charge in [0, 0.05) is 6.07 Å². The van der Waals surface area contributed by atoms with Gasteiger partial charge >= 0.3 is 0 Å². The predicted octanol–water partition coefficient (Wildman–Crippen LogP) is -0.0184. The molecule has 2 aromatic rings. The Balaban J connectivity index is 1.55. The predicted molar refractivity (Wildman–Crippen MR) is 78.0 cm³/mol. The van der Waals surface area contributed by atoms with E-state index in [-0.39, 0.29) is 6.04 Å². The van der Waals surface area contributed by atoms with Crippen LogP contribution in [0.2, 0.25) is 0 Å². The van der Waals surface area contributed by atoms with Crippen molar-refractivity contribution in [3.8, 4) is 0 Å². The Labute approximate surface area is 122 Å². The van der Waals surface area contributed by atoms with Gasteiger partial charge in [-0.25, -0.2) is 0 Å². The van der Waals surface area contributed by atoms with Gasteiger partial charge in [-0.3, -0.25) is 9.30 Å². The molecule has 4 heterocycles. The minimum absolute atomic E-state index is 0.236. The molecule has 21 heavy (non-hydrogen) atoms. The van der Waals surface area contributed by atoms with Gasteiger partial charge < -0.3 is 15.8 Å². The molecule has 8 nitrogen and oxygen atoms in total. The lowest BCUT2D eigenvalue weighted by atomic mass is 10.1. The Bertz CT molecular complexity index is 636. The second kappa shape index (κ2) is 5.12. The highest BCUT2D eigenvalue weighted by atomic mass is 16.5. The van der Waals surface area contributed by atoms with Crippen molar-refractivity contribution in [1.29, 1.82) is 0 Å². The second-order valence-electron chi connectivity index (χ2n) is 5.66. The number of fused-ring (bicyclic) bond motifs is 1. The molecule has 0 bridgehead atoms. The molecule has 0 aromatic carbocycles. The smallest absolute Gasteiger partial charge is 0.209 e. The van der Waals surface area contributed by atoms with Gasteiger partial charge in [0.25, 0.3) is 0 Å². The van der Waals surface area contributed by atoms with Gasteiger partial charge in [-0.15, -0.1) is 10.2 Å². The molecule has 4 rings (SSSR count). The van der Waals surface area contributed by atoms with E-state index in [2.05, 4.69) is 25.4 Å². The van der Waals surface area contributed by atoms with Crippen molar-refractivity contribution in [3.63, 3.8) is 0 Å². The van der Waals surface area contributed by atoms with Crippen molar-refractivity contribution < 1.29 is 4.74 Å². The number of nitrogens with two attached hydrogens (primary N) is 1. The van der Waals surface area contributed by atoms with Gasteiger partial charge in [-0.2, -0.15) is 4.98 Å². The number of hydrogen-bond acceptors (Lipinski definition) is 7. The summed E-state index contributed by atoms with van der Waals surface area (Å²) in [6, 6.07) is 2.51. The zero-order valence-electron chi connectivity index (χ0n) is 11.8. The zero-order chi connectivity index (χ0) is 14.2. The summed E-state index contributed by atoms with van der Waals surface area (Å²) in [6.07, 6.45) is 4.12. The van der Waals surface area contributed by atoms with E-state index >= 15 is 0 Å². The SMILES string of the molecule is Nc1nc(N[C@H]2COC[C@@H]2N2CCCC2)cc2nncn12. The second-order valence-corrected chi connectivity index (χ2v) is 5.66. The Morgan fingerprint density at radius 1 is 1.29 bits per heavy atom. The Kier molecular flexibility index (Phi) is 3.12. The molecule has 0 saturated carbocycles. The molecule has 112 valence electrons. The molecule has 0 amide bonds. The minimum atomic E-state index is 0.236. The third-order valence-corrected chi connectivity index (χ3v) is 4.32. The minimum Gasteiger partial charge on any atom is -0.378 e.